The molecule has 2 aliphatic heterocycles. The second kappa shape index (κ2) is 8.07. The van der Waals surface area contributed by atoms with Crippen molar-refractivity contribution in [1.82, 2.24) is 0 Å². The molecule has 6 rings (SSSR count). The van der Waals surface area contributed by atoms with Crippen LogP contribution < -0.4 is 9.47 Å². The van der Waals surface area contributed by atoms with Gasteiger partial charge in [-0.15, -0.1) is 0 Å². The van der Waals surface area contributed by atoms with E-state index in [1.807, 2.05) is 0 Å². The summed E-state index contributed by atoms with van der Waals surface area (Å²) in [6.07, 6.45) is -1.01. The second-order valence-electron chi connectivity index (χ2n) is 10.2. The lowest BCUT2D eigenvalue weighted by Gasteiger charge is -2.29. The van der Waals surface area contributed by atoms with Crippen LogP contribution in [0.4, 0.5) is 0 Å². The van der Waals surface area contributed by atoms with E-state index in [1.165, 1.54) is 12.1 Å². The standard InChI is InChI=1S/C29H24O10/c1-9-4-14(30)25-19(38-9)5-12-21(15(31)7-17(33)23(12)28(25)36)22-13-6-20-26(27(35)10(2)11(3)39-20)29(37)24(13)18(34)8-16(22)32/h5-11,31-34,36-37H,4H2,1-3H3/t9?,10-,11-/m1/s1. The lowest BCUT2D eigenvalue weighted by molar-refractivity contribution is 0.0725. The molecule has 2 heterocycles. The molecule has 0 aliphatic carbocycles. The minimum Gasteiger partial charge on any atom is -0.507 e. The van der Waals surface area contributed by atoms with Gasteiger partial charge in [-0.05, 0) is 26.0 Å². The second-order valence-corrected chi connectivity index (χ2v) is 10.2. The molecule has 0 aromatic heterocycles. The Labute approximate surface area is 220 Å². The molecular weight excluding hydrogens is 508 g/mol. The lowest BCUT2D eigenvalue weighted by atomic mass is 9.85. The van der Waals surface area contributed by atoms with E-state index in [2.05, 4.69) is 0 Å². The summed E-state index contributed by atoms with van der Waals surface area (Å²) in [5.74, 6) is -4.52. The Morgan fingerprint density at radius 2 is 1.13 bits per heavy atom. The van der Waals surface area contributed by atoms with Crippen LogP contribution in [0.15, 0.2) is 24.3 Å². The van der Waals surface area contributed by atoms with Crippen molar-refractivity contribution in [1.29, 1.82) is 0 Å². The van der Waals surface area contributed by atoms with Crippen molar-refractivity contribution in [3.8, 4) is 57.1 Å². The van der Waals surface area contributed by atoms with E-state index in [0.717, 1.165) is 12.1 Å². The number of carbonyl (C=O) groups is 2. The monoisotopic (exact) mass is 532 g/mol. The third-order valence-electron chi connectivity index (χ3n) is 7.65. The molecule has 0 spiro atoms. The molecule has 0 saturated heterocycles. The van der Waals surface area contributed by atoms with Crippen LogP contribution in [-0.2, 0) is 0 Å². The zero-order chi connectivity index (χ0) is 28.1. The minimum atomic E-state index is -0.566. The molecule has 0 bridgehead atoms. The first-order valence-electron chi connectivity index (χ1n) is 12.3. The lowest BCUT2D eigenvalue weighted by Crippen LogP contribution is -2.33. The van der Waals surface area contributed by atoms with Crippen LogP contribution in [0.2, 0.25) is 0 Å². The van der Waals surface area contributed by atoms with Crippen LogP contribution in [-0.4, -0.2) is 54.4 Å². The van der Waals surface area contributed by atoms with Crippen molar-refractivity contribution in [2.45, 2.75) is 39.4 Å². The molecule has 6 N–H and O–H groups in total. The van der Waals surface area contributed by atoms with Crippen molar-refractivity contribution in [2.75, 3.05) is 0 Å². The molecule has 1 unspecified atom stereocenters. The molecule has 0 saturated carbocycles. The molecule has 4 aromatic rings. The Morgan fingerprint density at radius 1 is 0.641 bits per heavy atom. The normalized spacial score (nSPS) is 20.4. The third kappa shape index (κ3) is 3.27. The van der Waals surface area contributed by atoms with Gasteiger partial charge < -0.3 is 40.1 Å². The number of fused-ring (bicyclic) bond motifs is 4. The highest BCUT2D eigenvalue weighted by Crippen LogP contribution is 2.55. The van der Waals surface area contributed by atoms with Gasteiger partial charge in [-0.2, -0.15) is 0 Å². The number of phenolic OH excluding ortho intramolecular Hbond substituents is 6. The molecule has 3 atom stereocenters. The number of carbonyl (C=O) groups excluding carboxylic acids is 2. The summed E-state index contributed by atoms with van der Waals surface area (Å²) < 4.78 is 11.7. The summed E-state index contributed by atoms with van der Waals surface area (Å²) in [5, 5.41) is 65.4. The fourth-order valence-corrected chi connectivity index (χ4v) is 5.61. The molecule has 10 nitrogen and oxygen atoms in total. The summed E-state index contributed by atoms with van der Waals surface area (Å²) in [6, 6.07) is 4.63. The summed E-state index contributed by atoms with van der Waals surface area (Å²) in [6.45, 7) is 5.03. The van der Waals surface area contributed by atoms with Crippen LogP contribution in [0.1, 0.15) is 47.9 Å². The van der Waals surface area contributed by atoms with Gasteiger partial charge in [0.15, 0.2) is 11.6 Å². The zero-order valence-electron chi connectivity index (χ0n) is 21.1. The highest BCUT2D eigenvalue weighted by molar-refractivity contribution is 6.19. The van der Waals surface area contributed by atoms with E-state index in [-0.39, 0.29) is 67.5 Å². The quantitative estimate of drug-likeness (QED) is 0.199. The average Bonchev–Trinajstić information content (AvgIpc) is 2.83. The van der Waals surface area contributed by atoms with Gasteiger partial charge in [0.1, 0.15) is 69.3 Å². The van der Waals surface area contributed by atoms with Crippen molar-refractivity contribution in [3.05, 3.63) is 35.4 Å². The molecule has 200 valence electrons. The molecule has 0 fully saturated rings. The van der Waals surface area contributed by atoms with E-state index in [4.69, 9.17) is 9.47 Å². The fourth-order valence-electron chi connectivity index (χ4n) is 5.61. The van der Waals surface area contributed by atoms with E-state index in [0.29, 0.717) is 0 Å². The molecule has 0 amide bonds. The Bertz CT molecular complexity index is 1790. The summed E-state index contributed by atoms with van der Waals surface area (Å²) in [4.78, 5) is 25.7. The summed E-state index contributed by atoms with van der Waals surface area (Å²) in [5.41, 5.74) is -0.428. The number of ketones is 2. The highest BCUT2D eigenvalue weighted by Gasteiger charge is 2.37. The number of ether oxygens (including phenoxy) is 2. The SMILES string of the molecule is CC1CC(=O)c2c(cc3c(-c4c(O)cc(O)c5c(O)c6c(cc45)O[C@H](C)[C@@H](C)C6=O)c(O)cc(O)c3c2O)O1. The third-order valence-corrected chi connectivity index (χ3v) is 7.65. The van der Waals surface area contributed by atoms with Gasteiger partial charge in [0, 0.05) is 40.5 Å². The average molecular weight is 533 g/mol. The largest absolute Gasteiger partial charge is 0.507 e. The Hall–Kier alpha value is -4.86. The van der Waals surface area contributed by atoms with Crippen LogP contribution in [0.3, 0.4) is 0 Å². The van der Waals surface area contributed by atoms with Gasteiger partial charge in [-0.3, -0.25) is 9.59 Å². The Kier molecular flexibility index (Phi) is 5.06. The molecular formula is C29H24O10. The van der Waals surface area contributed by atoms with Gasteiger partial charge in [-0.1, -0.05) is 6.92 Å². The van der Waals surface area contributed by atoms with E-state index in [9.17, 15) is 40.2 Å². The van der Waals surface area contributed by atoms with Crippen molar-refractivity contribution in [3.63, 3.8) is 0 Å². The topological polar surface area (TPSA) is 174 Å². The van der Waals surface area contributed by atoms with Gasteiger partial charge in [0.05, 0.1) is 16.7 Å². The van der Waals surface area contributed by atoms with Gasteiger partial charge in [-0.25, -0.2) is 0 Å². The molecule has 39 heavy (non-hydrogen) atoms. The van der Waals surface area contributed by atoms with Crippen molar-refractivity contribution < 1.29 is 49.7 Å². The predicted molar refractivity (Wildman–Crippen MR) is 140 cm³/mol. The summed E-state index contributed by atoms with van der Waals surface area (Å²) in [7, 11) is 0. The molecule has 4 aromatic carbocycles. The molecule has 2 aliphatic rings. The van der Waals surface area contributed by atoms with E-state index in [1.54, 1.807) is 20.8 Å². The number of aromatic hydroxyl groups is 6. The number of hydrogen-bond donors (Lipinski definition) is 6. The number of hydrogen-bond acceptors (Lipinski definition) is 10. The highest BCUT2D eigenvalue weighted by atomic mass is 16.5. The Morgan fingerprint density at radius 3 is 1.67 bits per heavy atom. The smallest absolute Gasteiger partial charge is 0.176 e. The fraction of sp³-hybridized carbons (Fsp3) is 0.241. The maximum atomic E-state index is 13.0. The first kappa shape index (κ1) is 24.5. The molecule has 0 radical (unpaired) electrons. The maximum absolute atomic E-state index is 13.0. The van der Waals surface area contributed by atoms with Crippen molar-refractivity contribution >= 4 is 33.1 Å². The van der Waals surface area contributed by atoms with Crippen LogP contribution in [0.5, 0.6) is 46.0 Å². The number of rotatable bonds is 1. The number of benzene rings is 4. The minimum absolute atomic E-state index is 0.0152. The van der Waals surface area contributed by atoms with Gasteiger partial charge >= 0.3 is 0 Å². The maximum Gasteiger partial charge on any atom is 0.176 e. The Balaban J connectivity index is 1.77. The van der Waals surface area contributed by atoms with Gasteiger partial charge in [0.25, 0.3) is 0 Å². The van der Waals surface area contributed by atoms with E-state index >= 15 is 0 Å². The van der Waals surface area contributed by atoms with Crippen molar-refractivity contribution in [2.24, 2.45) is 5.92 Å². The zero-order valence-corrected chi connectivity index (χ0v) is 21.1. The first-order chi connectivity index (χ1) is 18.4. The summed E-state index contributed by atoms with van der Waals surface area (Å²) >= 11 is 0. The van der Waals surface area contributed by atoms with Crippen LogP contribution in [0.25, 0.3) is 32.7 Å². The number of Topliss-reactive ketones (excluding diaryl/α,β-unsaturated/α-hetero) is 2. The van der Waals surface area contributed by atoms with E-state index < -0.39 is 58.4 Å². The van der Waals surface area contributed by atoms with Crippen LogP contribution in [0, 0.1) is 5.92 Å². The van der Waals surface area contributed by atoms with Gasteiger partial charge in [0.2, 0.25) is 0 Å². The first-order valence-corrected chi connectivity index (χ1v) is 12.3. The van der Waals surface area contributed by atoms with Crippen LogP contribution >= 0.6 is 0 Å². The molecule has 10 heteroatoms. The number of phenols is 6. The predicted octanol–water partition coefficient (Wildman–Crippen LogP) is 4.85.